The molecule has 192 valence electrons. The number of benzene rings is 2. The standard InChI is InChI=1S/C27H25F2N3O5/c1-15-14-30-24(31-21(15)16-6-5-7-17(12-16)22(33)37-25(2,3)4)32-23(34)26(10-11-26)18-8-9-19-20(13-18)36-27(28,29)35-19/h5-9,12-14H,10-11H2,1-4H3,(H,30,31,32,34). The number of nitrogens with zero attached hydrogens (tertiary/aromatic N) is 2. The van der Waals surface area contributed by atoms with Crippen LogP contribution in [-0.2, 0) is 14.9 Å². The lowest BCUT2D eigenvalue weighted by Crippen LogP contribution is -2.28. The third kappa shape index (κ3) is 4.96. The molecule has 37 heavy (non-hydrogen) atoms. The highest BCUT2D eigenvalue weighted by Gasteiger charge is 2.53. The molecule has 1 amide bonds. The molecule has 1 fully saturated rings. The molecule has 8 nitrogen and oxygen atoms in total. The van der Waals surface area contributed by atoms with Crippen LogP contribution >= 0.6 is 0 Å². The Kier molecular flexibility index (Phi) is 5.65. The first-order chi connectivity index (χ1) is 17.4. The van der Waals surface area contributed by atoms with Crippen LogP contribution in [0.1, 0.15) is 55.1 Å². The van der Waals surface area contributed by atoms with Crippen molar-refractivity contribution in [3.63, 3.8) is 0 Å². The lowest BCUT2D eigenvalue weighted by atomic mass is 9.94. The topological polar surface area (TPSA) is 99.6 Å². The third-order valence-electron chi connectivity index (χ3n) is 6.11. The maximum atomic E-state index is 13.4. The van der Waals surface area contributed by atoms with E-state index in [1.807, 2.05) is 6.92 Å². The maximum absolute atomic E-state index is 13.4. The highest BCUT2D eigenvalue weighted by atomic mass is 19.3. The zero-order valence-corrected chi connectivity index (χ0v) is 20.7. The van der Waals surface area contributed by atoms with Gasteiger partial charge in [0.15, 0.2) is 11.5 Å². The van der Waals surface area contributed by atoms with Gasteiger partial charge in [-0.15, -0.1) is 8.78 Å². The number of carbonyl (C=O) groups excluding carboxylic acids is 2. The van der Waals surface area contributed by atoms with E-state index in [1.54, 1.807) is 57.3 Å². The zero-order valence-electron chi connectivity index (χ0n) is 20.7. The Balaban J connectivity index is 1.37. The summed E-state index contributed by atoms with van der Waals surface area (Å²) in [7, 11) is 0. The number of aryl methyl sites for hydroxylation is 1. The number of nitrogens with one attached hydrogen (secondary N) is 1. The molecule has 0 spiro atoms. The fourth-order valence-corrected chi connectivity index (χ4v) is 4.16. The van der Waals surface area contributed by atoms with Crippen LogP contribution < -0.4 is 14.8 Å². The van der Waals surface area contributed by atoms with E-state index >= 15 is 0 Å². The first-order valence-electron chi connectivity index (χ1n) is 11.7. The smallest absolute Gasteiger partial charge is 0.456 e. The van der Waals surface area contributed by atoms with Gasteiger partial charge in [-0.25, -0.2) is 14.8 Å². The van der Waals surface area contributed by atoms with Crippen LogP contribution in [0.2, 0.25) is 0 Å². The Bertz CT molecular complexity index is 1410. The highest BCUT2D eigenvalue weighted by Crippen LogP contribution is 2.52. The highest BCUT2D eigenvalue weighted by molar-refractivity contribution is 6.00. The van der Waals surface area contributed by atoms with Gasteiger partial charge in [0.1, 0.15) is 5.60 Å². The number of ether oxygens (including phenoxy) is 3. The van der Waals surface area contributed by atoms with Crippen LogP contribution in [0.15, 0.2) is 48.7 Å². The van der Waals surface area contributed by atoms with Crippen molar-refractivity contribution in [2.24, 2.45) is 0 Å². The van der Waals surface area contributed by atoms with E-state index in [4.69, 9.17) is 4.74 Å². The van der Waals surface area contributed by atoms with Gasteiger partial charge in [-0.2, -0.15) is 0 Å². The maximum Gasteiger partial charge on any atom is 0.586 e. The summed E-state index contributed by atoms with van der Waals surface area (Å²) < 4.78 is 41.3. The Labute approximate surface area is 212 Å². The summed E-state index contributed by atoms with van der Waals surface area (Å²) in [5, 5.41) is 2.76. The number of hydrogen-bond acceptors (Lipinski definition) is 7. The number of alkyl halides is 2. The molecule has 3 aromatic rings. The van der Waals surface area contributed by atoms with Crippen molar-refractivity contribution in [1.82, 2.24) is 9.97 Å². The quantitative estimate of drug-likeness (QED) is 0.460. The van der Waals surface area contributed by atoms with E-state index in [0.717, 1.165) is 5.56 Å². The van der Waals surface area contributed by atoms with E-state index in [1.165, 1.54) is 12.1 Å². The normalized spacial score (nSPS) is 16.7. The molecule has 0 radical (unpaired) electrons. The Morgan fingerprint density at radius 2 is 1.78 bits per heavy atom. The fraction of sp³-hybridized carbons (Fsp3) is 0.333. The van der Waals surface area contributed by atoms with Gasteiger partial charge in [-0.3, -0.25) is 10.1 Å². The average Bonchev–Trinajstić information content (AvgIpc) is 3.56. The molecular formula is C27H25F2N3O5. The van der Waals surface area contributed by atoms with Crippen LogP contribution in [0.3, 0.4) is 0 Å². The van der Waals surface area contributed by atoms with Crippen molar-refractivity contribution in [2.75, 3.05) is 5.32 Å². The number of fused-ring (bicyclic) bond motifs is 1. The Morgan fingerprint density at radius 3 is 2.49 bits per heavy atom. The summed E-state index contributed by atoms with van der Waals surface area (Å²) in [5.41, 5.74) is 1.34. The second-order valence-corrected chi connectivity index (χ2v) is 10.2. The molecule has 2 aromatic carbocycles. The summed E-state index contributed by atoms with van der Waals surface area (Å²) in [6.07, 6.45) is -1.08. The van der Waals surface area contributed by atoms with Crippen LogP contribution in [0, 0.1) is 6.92 Å². The van der Waals surface area contributed by atoms with E-state index < -0.39 is 23.3 Å². The lowest BCUT2D eigenvalue weighted by molar-refractivity contribution is -0.286. The van der Waals surface area contributed by atoms with Crippen molar-refractivity contribution >= 4 is 17.8 Å². The summed E-state index contributed by atoms with van der Waals surface area (Å²) in [4.78, 5) is 34.6. The summed E-state index contributed by atoms with van der Waals surface area (Å²) in [5.74, 6) is -0.903. The van der Waals surface area contributed by atoms with Crippen molar-refractivity contribution in [3.05, 3.63) is 65.4 Å². The van der Waals surface area contributed by atoms with Crippen molar-refractivity contribution in [2.45, 2.75) is 57.8 Å². The van der Waals surface area contributed by atoms with Gasteiger partial charge in [-0.05, 0) is 75.9 Å². The molecule has 2 aliphatic rings. The van der Waals surface area contributed by atoms with E-state index in [9.17, 15) is 18.4 Å². The van der Waals surface area contributed by atoms with Crippen molar-refractivity contribution in [1.29, 1.82) is 0 Å². The fourth-order valence-electron chi connectivity index (χ4n) is 4.16. The van der Waals surface area contributed by atoms with Gasteiger partial charge < -0.3 is 14.2 Å². The van der Waals surface area contributed by atoms with E-state index in [-0.39, 0.29) is 23.4 Å². The van der Waals surface area contributed by atoms with E-state index in [0.29, 0.717) is 35.2 Å². The molecule has 0 saturated heterocycles. The number of anilines is 1. The minimum atomic E-state index is -3.73. The Morgan fingerprint density at radius 1 is 1.05 bits per heavy atom. The number of hydrogen-bond donors (Lipinski definition) is 1. The second kappa shape index (κ2) is 8.50. The lowest BCUT2D eigenvalue weighted by Gasteiger charge is -2.19. The number of esters is 1. The minimum absolute atomic E-state index is 0.0786. The average molecular weight is 510 g/mol. The van der Waals surface area contributed by atoms with Crippen LogP contribution in [0.5, 0.6) is 11.5 Å². The van der Waals surface area contributed by atoms with Crippen LogP contribution in [0.25, 0.3) is 11.3 Å². The number of carbonyl (C=O) groups is 2. The molecular weight excluding hydrogens is 484 g/mol. The van der Waals surface area contributed by atoms with Crippen LogP contribution in [-0.4, -0.2) is 33.7 Å². The second-order valence-electron chi connectivity index (χ2n) is 10.2. The monoisotopic (exact) mass is 509 g/mol. The summed E-state index contributed by atoms with van der Waals surface area (Å²) in [6, 6.07) is 11.2. The molecule has 0 atom stereocenters. The van der Waals surface area contributed by atoms with Gasteiger partial charge in [-0.1, -0.05) is 18.2 Å². The predicted molar refractivity (Wildman–Crippen MR) is 130 cm³/mol. The summed E-state index contributed by atoms with van der Waals surface area (Å²) in [6.45, 7) is 7.21. The molecule has 1 saturated carbocycles. The third-order valence-corrected chi connectivity index (χ3v) is 6.11. The first-order valence-corrected chi connectivity index (χ1v) is 11.7. The van der Waals surface area contributed by atoms with Crippen molar-refractivity contribution in [3.8, 4) is 22.8 Å². The van der Waals surface area contributed by atoms with Crippen molar-refractivity contribution < 1.29 is 32.6 Å². The van der Waals surface area contributed by atoms with Gasteiger partial charge in [0.25, 0.3) is 0 Å². The first kappa shape index (κ1) is 24.6. The zero-order chi connectivity index (χ0) is 26.6. The predicted octanol–water partition coefficient (Wildman–Crippen LogP) is 5.40. The van der Waals surface area contributed by atoms with Gasteiger partial charge in [0.2, 0.25) is 11.9 Å². The minimum Gasteiger partial charge on any atom is -0.456 e. The SMILES string of the molecule is Cc1cnc(NC(=O)C2(c3ccc4c(c3)OC(F)(F)O4)CC2)nc1-c1cccc(C(=O)OC(C)(C)C)c1. The van der Waals surface area contributed by atoms with E-state index in [2.05, 4.69) is 24.8 Å². The Hall–Kier alpha value is -4.08. The largest absolute Gasteiger partial charge is 0.586 e. The van der Waals surface area contributed by atoms with Gasteiger partial charge in [0.05, 0.1) is 16.7 Å². The molecule has 2 heterocycles. The van der Waals surface area contributed by atoms with Crippen LogP contribution in [0.4, 0.5) is 14.7 Å². The molecule has 1 aromatic heterocycles. The number of amides is 1. The number of rotatable bonds is 5. The van der Waals surface area contributed by atoms with Gasteiger partial charge >= 0.3 is 12.3 Å². The number of aromatic nitrogens is 2. The molecule has 5 rings (SSSR count). The molecule has 1 N–H and O–H groups in total. The molecule has 10 heteroatoms. The summed E-state index contributed by atoms with van der Waals surface area (Å²) >= 11 is 0. The molecule has 0 bridgehead atoms. The van der Waals surface area contributed by atoms with Gasteiger partial charge in [0, 0.05) is 11.8 Å². The molecule has 0 unspecified atom stereocenters. The molecule has 1 aliphatic carbocycles. The number of halogens is 2. The molecule has 1 aliphatic heterocycles.